The van der Waals surface area contributed by atoms with Crippen molar-refractivity contribution < 1.29 is 0 Å². The number of alkyl halides is 1. The minimum absolute atomic E-state index is 0.727. The highest BCUT2D eigenvalue weighted by Crippen LogP contribution is 2.65. The maximum absolute atomic E-state index is 2.72. The SMILES string of the molecule is CCCCC1CCC2C3CCC4CC(CI)CC4C3CCC12C. The molecule has 0 saturated heterocycles. The summed E-state index contributed by atoms with van der Waals surface area (Å²) in [6, 6.07) is 0. The molecule has 4 rings (SSSR count). The Morgan fingerprint density at radius 1 is 0.957 bits per heavy atom. The van der Waals surface area contributed by atoms with Crippen molar-refractivity contribution in [3.63, 3.8) is 0 Å². The molecule has 0 heterocycles. The lowest BCUT2D eigenvalue weighted by Gasteiger charge is -2.54. The molecule has 0 radical (unpaired) electrons. The average molecular weight is 428 g/mol. The van der Waals surface area contributed by atoms with E-state index in [9.17, 15) is 0 Å². The third kappa shape index (κ3) is 2.83. The number of hydrogen-bond acceptors (Lipinski definition) is 0. The van der Waals surface area contributed by atoms with Crippen LogP contribution in [-0.4, -0.2) is 4.43 Å². The molecule has 0 spiro atoms. The maximum atomic E-state index is 2.72. The van der Waals surface area contributed by atoms with Crippen LogP contribution in [0.5, 0.6) is 0 Å². The predicted molar refractivity (Wildman–Crippen MR) is 108 cm³/mol. The molecular weight excluding hydrogens is 391 g/mol. The summed E-state index contributed by atoms with van der Waals surface area (Å²) >= 11 is 2.65. The molecule has 1 heteroatoms. The van der Waals surface area contributed by atoms with Crippen LogP contribution in [-0.2, 0) is 0 Å². The first-order valence-electron chi connectivity index (χ1n) is 10.7. The van der Waals surface area contributed by atoms with Crippen LogP contribution in [0, 0.1) is 46.8 Å². The standard InChI is InChI=1S/C22H37I/c1-3-4-5-17-7-9-21-19-8-6-16-12-15(14-23)13-20(16)18(19)10-11-22(17,21)2/h15-21H,3-14H2,1-2H3. The molecule has 0 aromatic heterocycles. The summed E-state index contributed by atoms with van der Waals surface area (Å²) in [5.41, 5.74) is 0.727. The Bertz CT molecular complexity index is 418. The third-order valence-electron chi connectivity index (χ3n) is 9.08. The summed E-state index contributed by atoms with van der Waals surface area (Å²) in [6.45, 7) is 5.09. The van der Waals surface area contributed by atoms with Crippen molar-refractivity contribution in [1.29, 1.82) is 0 Å². The van der Waals surface area contributed by atoms with Crippen molar-refractivity contribution in [2.75, 3.05) is 4.43 Å². The minimum atomic E-state index is 0.727. The van der Waals surface area contributed by atoms with Crippen molar-refractivity contribution in [1.82, 2.24) is 0 Å². The molecule has 0 nitrogen and oxygen atoms in total. The van der Waals surface area contributed by atoms with Gasteiger partial charge < -0.3 is 0 Å². The Morgan fingerprint density at radius 2 is 1.83 bits per heavy atom. The Labute approximate surface area is 158 Å². The van der Waals surface area contributed by atoms with Crippen molar-refractivity contribution >= 4 is 22.6 Å². The molecule has 4 saturated carbocycles. The fourth-order valence-corrected chi connectivity index (χ4v) is 8.68. The molecule has 0 aliphatic heterocycles. The van der Waals surface area contributed by atoms with Gasteiger partial charge in [-0.1, -0.05) is 49.3 Å². The summed E-state index contributed by atoms with van der Waals surface area (Å²) in [5, 5.41) is 0. The van der Waals surface area contributed by atoms with Crippen LogP contribution in [0.1, 0.15) is 84.5 Å². The van der Waals surface area contributed by atoms with Crippen LogP contribution in [0.25, 0.3) is 0 Å². The zero-order valence-electron chi connectivity index (χ0n) is 15.4. The van der Waals surface area contributed by atoms with Gasteiger partial charge in [0.2, 0.25) is 0 Å². The van der Waals surface area contributed by atoms with Gasteiger partial charge in [0.1, 0.15) is 0 Å². The van der Waals surface area contributed by atoms with Crippen LogP contribution in [0.15, 0.2) is 0 Å². The van der Waals surface area contributed by atoms with Crippen LogP contribution < -0.4 is 0 Å². The van der Waals surface area contributed by atoms with Crippen LogP contribution in [0.3, 0.4) is 0 Å². The fourth-order valence-electron chi connectivity index (χ4n) is 7.96. The molecule has 4 aliphatic carbocycles. The van der Waals surface area contributed by atoms with E-state index in [1.807, 2.05) is 0 Å². The smallest absolute Gasteiger partial charge is 0.00239 e. The van der Waals surface area contributed by atoms with Gasteiger partial charge in [-0.25, -0.2) is 0 Å². The number of unbranched alkanes of at least 4 members (excludes halogenated alkanes) is 1. The Hall–Kier alpha value is 0.730. The van der Waals surface area contributed by atoms with Gasteiger partial charge in [0.15, 0.2) is 0 Å². The molecule has 0 N–H and O–H groups in total. The van der Waals surface area contributed by atoms with Crippen LogP contribution in [0.2, 0.25) is 0 Å². The highest BCUT2D eigenvalue weighted by atomic mass is 127. The maximum Gasteiger partial charge on any atom is 0.00239 e. The van der Waals surface area contributed by atoms with Gasteiger partial charge >= 0.3 is 0 Å². The van der Waals surface area contributed by atoms with Gasteiger partial charge in [0.25, 0.3) is 0 Å². The molecule has 4 fully saturated rings. The Balaban J connectivity index is 1.49. The number of rotatable bonds is 4. The average Bonchev–Trinajstić information content (AvgIpc) is 3.13. The van der Waals surface area contributed by atoms with Crippen LogP contribution >= 0.6 is 22.6 Å². The lowest BCUT2D eigenvalue weighted by atomic mass is 9.51. The van der Waals surface area contributed by atoms with E-state index in [0.717, 1.165) is 46.8 Å². The quantitative estimate of drug-likeness (QED) is 0.331. The second kappa shape index (κ2) is 6.80. The minimum Gasteiger partial charge on any atom is -0.0861 e. The summed E-state index contributed by atoms with van der Waals surface area (Å²) in [7, 11) is 0. The van der Waals surface area contributed by atoms with E-state index >= 15 is 0 Å². The predicted octanol–water partition coefficient (Wildman–Crippen LogP) is 7.11. The highest BCUT2D eigenvalue weighted by Gasteiger charge is 2.57. The van der Waals surface area contributed by atoms with Gasteiger partial charge in [-0.05, 0) is 105 Å². The number of fused-ring (bicyclic) bond motifs is 5. The second-order valence-corrected chi connectivity index (χ2v) is 10.8. The first-order chi connectivity index (χ1) is 11.2. The molecule has 0 aromatic rings. The van der Waals surface area contributed by atoms with Gasteiger partial charge in [-0.15, -0.1) is 0 Å². The van der Waals surface area contributed by atoms with Crippen LogP contribution in [0.4, 0.5) is 0 Å². The van der Waals surface area contributed by atoms with E-state index in [2.05, 4.69) is 36.4 Å². The lowest BCUT2D eigenvalue weighted by Crippen LogP contribution is -2.46. The zero-order chi connectivity index (χ0) is 16.0. The normalized spacial score (nSPS) is 52.0. The summed E-state index contributed by atoms with van der Waals surface area (Å²) in [6.07, 6.45) is 17.1. The lowest BCUT2D eigenvalue weighted by molar-refractivity contribution is -0.0458. The van der Waals surface area contributed by atoms with Crippen molar-refractivity contribution in [2.24, 2.45) is 46.8 Å². The van der Waals surface area contributed by atoms with Crippen molar-refractivity contribution in [3.05, 3.63) is 0 Å². The van der Waals surface area contributed by atoms with Crippen molar-refractivity contribution in [3.8, 4) is 0 Å². The molecule has 8 unspecified atom stereocenters. The summed E-state index contributed by atoms with van der Waals surface area (Å²) in [4.78, 5) is 0. The molecule has 4 aliphatic rings. The largest absolute Gasteiger partial charge is 0.0861 e. The fraction of sp³-hybridized carbons (Fsp3) is 1.00. The molecule has 132 valence electrons. The summed E-state index contributed by atoms with van der Waals surface area (Å²) in [5.74, 6) is 7.74. The van der Waals surface area contributed by atoms with E-state index in [1.165, 1.54) is 23.7 Å². The monoisotopic (exact) mass is 428 g/mol. The highest BCUT2D eigenvalue weighted by molar-refractivity contribution is 14.1. The van der Waals surface area contributed by atoms with E-state index in [0.29, 0.717) is 0 Å². The number of halogens is 1. The van der Waals surface area contributed by atoms with E-state index in [1.54, 1.807) is 51.4 Å². The zero-order valence-corrected chi connectivity index (χ0v) is 17.6. The van der Waals surface area contributed by atoms with Gasteiger partial charge in [-0.3, -0.25) is 0 Å². The Morgan fingerprint density at radius 3 is 2.61 bits per heavy atom. The molecule has 0 aromatic carbocycles. The molecule has 23 heavy (non-hydrogen) atoms. The summed E-state index contributed by atoms with van der Waals surface area (Å²) < 4.78 is 1.42. The van der Waals surface area contributed by atoms with E-state index in [-0.39, 0.29) is 0 Å². The first kappa shape index (κ1) is 17.2. The third-order valence-corrected chi connectivity index (χ3v) is 10.3. The second-order valence-electron chi connectivity index (χ2n) is 9.89. The molecule has 0 bridgehead atoms. The Kier molecular flexibility index (Phi) is 5.07. The van der Waals surface area contributed by atoms with E-state index in [4.69, 9.17) is 0 Å². The first-order valence-corrected chi connectivity index (χ1v) is 12.3. The van der Waals surface area contributed by atoms with E-state index < -0.39 is 0 Å². The molecular formula is C22H37I. The van der Waals surface area contributed by atoms with Gasteiger partial charge in [-0.2, -0.15) is 0 Å². The van der Waals surface area contributed by atoms with Gasteiger partial charge in [0, 0.05) is 4.43 Å². The van der Waals surface area contributed by atoms with Gasteiger partial charge in [0.05, 0.1) is 0 Å². The van der Waals surface area contributed by atoms with Crippen molar-refractivity contribution in [2.45, 2.75) is 84.5 Å². The number of hydrogen-bond donors (Lipinski definition) is 0. The topological polar surface area (TPSA) is 0 Å². The molecule has 0 amide bonds. The molecule has 8 atom stereocenters.